The number of aliphatic imine (C=N–C) groups is 1. The first kappa shape index (κ1) is 21.7. The second-order valence-electron chi connectivity index (χ2n) is 10.8. The van der Waals surface area contributed by atoms with Crippen LogP contribution in [0.25, 0.3) is 0 Å². The van der Waals surface area contributed by atoms with E-state index in [2.05, 4.69) is 55.6 Å². The molecule has 5 nitrogen and oxygen atoms in total. The summed E-state index contributed by atoms with van der Waals surface area (Å²) in [5.74, 6) is 2.55. The molecule has 0 bridgehead atoms. The topological polar surface area (TPSA) is 57.7 Å². The molecule has 174 valence electrons. The molecule has 0 spiro atoms. The number of rotatable bonds is 7. The summed E-state index contributed by atoms with van der Waals surface area (Å²) in [5.41, 5.74) is 1.28. The van der Waals surface area contributed by atoms with Crippen LogP contribution in [-0.2, 0) is 10.2 Å². The van der Waals surface area contributed by atoms with Crippen LogP contribution >= 0.6 is 0 Å². The van der Waals surface area contributed by atoms with E-state index in [4.69, 9.17) is 14.8 Å². The van der Waals surface area contributed by atoms with Crippen molar-refractivity contribution < 1.29 is 9.33 Å². The largest absolute Gasteiger partial charge is 0.366 e. The molecule has 1 aliphatic heterocycles. The number of quaternary nitrogens is 1. The minimum atomic E-state index is -0.511. The lowest BCUT2D eigenvalue weighted by Gasteiger charge is -2.42. The Morgan fingerprint density at radius 2 is 1.59 bits per heavy atom. The highest BCUT2D eigenvalue weighted by atomic mass is 16.5. The van der Waals surface area contributed by atoms with E-state index in [1.165, 1.54) is 25.7 Å². The normalized spacial score (nSPS) is 33.2. The molecule has 3 fully saturated rings. The van der Waals surface area contributed by atoms with Gasteiger partial charge >= 0.3 is 0 Å². The molecule has 34 heavy (non-hydrogen) atoms. The van der Waals surface area contributed by atoms with Crippen LogP contribution in [0.1, 0.15) is 62.5 Å². The molecule has 1 heterocycles. The number of hydrogen-bond donors (Lipinski definition) is 0. The van der Waals surface area contributed by atoms with Gasteiger partial charge in [-0.2, -0.15) is 10.3 Å². The van der Waals surface area contributed by atoms with Crippen molar-refractivity contribution >= 4 is 11.7 Å². The predicted octanol–water partition coefficient (Wildman–Crippen LogP) is 5.57. The van der Waals surface area contributed by atoms with Crippen LogP contribution in [0.3, 0.4) is 0 Å². The molecule has 5 heteroatoms. The molecule has 3 saturated carbocycles. The van der Waals surface area contributed by atoms with Crippen molar-refractivity contribution in [1.29, 1.82) is 5.26 Å². The van der Waals surface area contributed by atoms with Gasteiger partial charge in [0.15, 0.2) is 0 Å². The van der Waals surface area contributed by atoms with Crippen molar-refractivity contribution in [2.24, 2.45) is 16.0 Å². The average molecular weight is 454 g/mol. The Bertz CT molecular complexity index is 1150. The Kier molecular flexibility index (Phi) is 5.20. The van der Waals surface area contributed by atoms with E-state index in [9.17, 15) is 5.26 Å². The molecule has 0 radical (unpaired) electrons. The van der Waals surface area contributed by atoms with E-state index in [-0.39, 0.29) is 0 Å². The van der Waals surface area contributed by atoms with Gasteiger partial charge < -0.3 is 4.74 Å². The SMILES string of the molecule is C[N+]1(C2CC2)N=C(C2(OCC3CC3)CCC(C#N)(c3ccccc3)CC2)N=C1c1ccccc1. The smallest absolute Gasteiger partial charge is 0.263 e. The quantitative estimate of drug-likeness (QED) is 0.515. The Morgan fingerprint density at radius 1 is 0.941 bits per heavy atom. The van der Waals surface area contributed by atoms with Crippen LogP contribution in [0, 0.1) is 17.2 Å². The van der Waals surface area contributed by atoms with Gasteiger partial charge in [-0.15, -0.1) is 4.59 Å². The maximum Gasteiger partial charge on any atom is 0.263 e. The van der Waals surface area contributed by atoms with Crippen molar-refractivity contribution in [1.82, 2.24) is 0 Å². The van der Waals surface area contributed by atoms with E-state index in [1.807, 2.05) is 18.2 Å². The van der Waals surface area contributed by atoms with Gasteiger partial charge in [-0.25, -0.2) is 0 Å². The Hall–Kier alpha value is -2.81. The van der Waals surface area contributed by atoms with Crippen molar-refractivity contribution in [2.45, 2.75) is 68.4 Å². The molecule has 3 aliphatic carbocycles. The summed E-state index contributed by atoms with van der Waals surface area (Å²) in [5, 5.41) is 15.6. The molecule has 0 amide bonds. The van der Waals surface area contributed by atoms with Crippen molar-refractivity contribution in [2.75, 3.05) is 13.7 Å². The second-order valence-corrected chi connectivity index (χ2v) is 10.8. The summed E-state index contributed by atoms with van der Waals surface area (Å²) in [6, 6.07) is 24.0. The molecule has 4 aliphatic rings. The van der Waals surface area contributed by atoms with Gasteiger partial charge in [-0.1, -0.05) is 53.6 Å². The molecule has 1 unspecified atom stereocenters. The molecule has 0 N–H and O–H groups in total. The highest BCUT2D eigenvalue weighted by Gasteiger charge is 2.56. The van der Waals surface area contributed by atoms with E-state index in [0.717, 1.165) is 55.1 Å². The predicted molar refractivity (Wildman–Crippen MR) is 133 cm³/mol. The third-order valence-electron chi connectivity index (χ3n) is 8.38. The van der Waals surface area contributed by atoms with E-state index in [0.29, 0.717) is 16.6 Å². The maximum absolute atomic E-state index is 10.3. The highest BCUT2D eigenvalue weighted by molar-refractivity contribution is 6.08. The Labute approximate surface area is 202 Å². The standard InChI is InChI=1S/C29H33N4O/c1-33(25-14-15-25)26(23-8-4-2-5-9-23)31-27(32-33)29(34-20-22-12-13-22)18-16-28(21-30,17-19-29)24-10-6-3-7-11-24/h2-11,22,25H,12-20H2,1H3/q+1. The fraction of sp³-hybridized carbons (Fsp3) is 0.483. The summed E-state index contributed by atoms with van der Waals surface area (Å²) in [4.78, 5) is 5.24. The Balaban J connectivity index is 1.36. The highest BCUT2D eigenvalue weighted by Crippen LogP contribution is 2.48. The third-order valence-corrected chi connectivity index (χ3v) is 8.38. The minimum absolute atomic E-state index is 0.465. The van der Waals surface area contributed by atoms with Crippen molar-refractivity contribution in [3.63, 3.8) is 0 Å². The van der Waals surface area contributed by atoms with Gasteiger partial charge in [-0.05, 0) is 62.1 Å². The maximum atomic E-state index is 10.3. The number of nitrogens with zero attached hydrogens (tertiary/aromatic N) is 4. The summed E-state index contributed by atoms with van der Waals surface area (Å²) in [6.07, 6.45) is 7.95. The molecule has 0 aromatic heterocycles. The van der Waals surface area contributed by atoms with Gasteiger partial charge in [0.25, 0.3) is 5.84 Å². The van der Waals surface area contributed by atoms with Gasteiger partial charge in [0.2, 0.25) is 5.84 Å². The first-order chi connectivity index (χ1) is 16.6. The zero-order chi connectivity index (χ0) is 23.2. The van der Waals surface area contributed by atoms with Crippen molar-refractivity contribution in [3.05, 3.63) is 71.8 Å². The number of hydrogen-bond acceptors (Lipinski definition) is 4. The number of benzene rings is 2. The fourth-order valence-electron chi connectivity index (χ4n) is 5.70. The lowest BCUT2D eigenvalue weighted by Crippen LogP contribution is -2.48. The monoisotopic (exact) mass is 453 g/mol. The van der Waals surface area contributed by atoms with Crippen LogP contribution in [0.15, 0.2) is 70.8 Å². The van der Waals surface area contributed by atoms with E-state index >= 15 is 0 Å². The van der Waals surface area contributed by atoms with E-state index in [1.54, 1.807) is 0 Å². The number of nitriles is 1. The fourth-order valence-corrected chi connectivity index (χ4v) is 5.70. The van der Waals surface area contributed by atoms with Gasteiger partial charge in [-0.3, -0.25) is 0 Å². The van der Waals surface area contributed by atoms with Gasteiger partial charge in [0.05, 0.1) is 30.7 Å². The van der Waals surface area contributed by atoms with Gasteiger partial charge in [0, 0.05) is 12.8 Å². The van der Waals surface area contributed by atoms with E-state index < -0.39 is 11.0 Å². The molecular weight excluding hydrogens is 420 g/mol. The van der Waals surface area contributed by atoms with Crippen LogP contribution in [-0.4, -0.2) is 41.6 Å². The second kappa shape index (κ2) is 8.15. The molecular formula is C29H33N4O+. The summed E-state index contributed by atoms with van der Waals surface area (Å²) in [6.45, 7) is 0.771. The number of amidine groups is 2. The van der Waals surface area contributed by atoms with Crippen LogP contribution in [0.5, 0.6) is 0 Å². The number of ether oxygens (including phenoxy) is 1. The lowest BCUT2D eigenvalue weighted by molar-refractivity contribution is -0.836. The Morgan fingerprint density at radius 3 is 2.18 bits per heavy atom. The first-order valence-corrected chi connectivity index (χ1v) is 12.8. The van der Waals surface area contributed by atoms with Gasteiger partial charge in [0.1, 0.15) is 11.6 Å². The zero-order valence-corrected chi connectivity index (χ0v) is 20.0. The first-order valence-electron chi connectivity index (χ1n) is 12.8. The lowest BCUT2D eigenvalue weighted by atomic mass is 9.65. The molecule has 0 saturated heterocycles. The summed E-state index contributed by atoms with van der Waals surface area (Å²) >= 11 is 0. The molecule has 6 rings (SSSR count). The average Bonchev–Trinajstić information content (AvgIpc) is 3.82. The molecule has 2 aromatic carbocycles. The zero-order valence-electron chi connectivity index (χ0n) is 20.0. The summed E-state index contributed by atoms with van der Waals surface area (Å²) < 4.78 is 7.30. The van der Waals surface area contributed by atoms with Crippen LogP contribution in [0.2, 0.25) is 0 Å². The summed E-state index contributed by atoms with van der Waals surface area (Å²) in [7, 11) is 2.21. The molecule has 1 atom stereocenters. The van der Waals surface area contributed by atoms with Crippen LogP contribution < -0.4 is 0 Å². The third kappa shape index (κ3) is 3.70. The van der Waals surface area contributed by atoms with Crippen molar-refractivity contribution in [3.8, 4) is 6.07 Å². The van der Waals surface area contributed by atoms with Crippen LogP contribution in [0.4, 0.5) is 0 Å². The minimum Gasteiger partial charge on any atom is -0.366 e. The molecule has 2 aromatic rings.